The van der Waals surface area contributed by atoms with Crippen molar-refractivity contribution in [3.63, 3.8) is 0 Å². The number of pyridine rings is 1. The van der Waals surface area contributed by atoms with Gasteiger partial charge in [0, 0.05) is 34.5 Å². The number of aromatic nitrogens is 1. The van der Waals surface area contributed by atoms with Crippen molar-refractivity contribution in [2.45, 2.75) is 19.9 Å². The lowest BCUT2D eigenvalue weighted by molar-refractivity contribution is 0.467. The Morgan fingerprint density at radius 3 is 2.83 bits per heavy atom. The van der Waals surface area contributed by atoms with E-state index in [1.165, 1.54) is 6.07 Å². The van der Waals surface area contributed by atoms with E-state index in [9.17, 15) is 9.50 Å². The number of benzene rings is 2. The van der Waals surface area contributed by atoms with Gasteiger partial charge in [0.1, 0.15) is 17.4 Å². The second-order valence-electron chi connectivity index (χ2n) is 7.14. The lowest BCUT2D eigenvalue weighted by atomic mass is 9.94. The van der Waals surface area contributed by atoms with Crippen LogP contribution in [0.3, 0.4) is 0 Å². The number of phenols is 1. The fraction of sp³-hybridized carbons (Fsp3) is 0.174. The smallest absolute Gasteiger partial charge is 0.144 e. The summed E-state index contributed by atoms with van der Waals surface area (Å²) >= 11 is 6.39. The third-order valence-electron chi connectivity index (χ3n) is 5.03. The zero-order valence-corrected chi connectivity index (χ0v) is 16.9. The van der Waals surface area contributed by atoms with Gasteiger partial charge in [-0.15, -0.1) is 0 Å². The number of nitrogens with one attached hydrogen (secondary N) is 2. The Morgan fingerprint density at radius 2 is 2.07 bits per heavy atom. The zero-order chi connectivity index (χ0) is 20.5. The van der Waals surface area contributed by atoms with E-state index in [0.717, 1.165) is 16.7 Å². The van der Waals surface area contributed by atoms with E-state index in [1.54, 1.807) is 24.4 Å². The standard InChI is InChI=1S/C23H21ClFN3O/c1-13-11-14(2)23(27-12-13)28-21(19-17(24)6-3-7-18(19)25)16-9-8-15-5-4-10-26-20(15)22(16)29/h3-9,11-12,21,26,29H,10H2,1-2H3,(H,27,28). The van der Waals surface area contributed by atoms with E-state index < -0.39 is 11.9 Å². The number of aryl methyl sites for hydroxylation is 2. The summed E-state index contributed by atoms with van der Waals surface area (Å²) < 4.78 is 14.9. The van der Waals surface area contributed by atoms with Crippen LogP contribution in [0.5, 0.6) is 5.75 Å². The molecule has 6 heteroatoms. The lowest BCUT2D eigenvalue weighted by Gasteiger charge is -2.26. The second kappa shape index (κ2) is 7.76. The number of phenolic OH excluding ortho intramolecular Hbond substituents is 1. The number of halogens is 2. The number of aromatic hydroxyl groups is 1. The lowest BCUT2D eigenvalue weighted by Crippen LogP contribution is -2.17. The molecule has 1 unspecified atom stereocenters. The Bertz CT molecular complexity index is 1090. The predicted octanol–water partition coefficient (Wildman–Crippen LogP) is 5.84. The maximum Gasteiger partial charge on any atom is 0.144 e. The van der Waals surface area contributed by atoms with Crippen molar-refractivity contribution in [2.24, 2.45) is 0 Å². The van der Waals surface area contributed by atoms with Crippen LogP contribution in [0, 0.1) is 19.7 Å². The Kier molecular flexibility index (Phi) is 5.16. The molecule has 1 atom stereocenters. The highest BCUT2D eigenvalue weighted by Gasteiger charge is 2.27. The average Bonchev–Trinajstić information content (AvgIpc) is 2.69. The van der Waals surface area contributed by atoms with Gasteiger partial charge in [-0.05, 0) is 37.1 Å². The number of rotatable bonds is 4. The number of nitrogens with zero attached hydrogens (tertiary/aromatic N) is 1. The molecule has 0 fully saturated rings. The fourth-order valence-corrected chi connectivity index (χ4v) is 3.89. The van der Waals surface area contributed by atoms with E-state index in [-0.39, 0.29) is 16.3 Å². The SMILES string of the molecule is Cc1cnc(NC(c2ccc3c(c2O)NCC=C3)c2c(F)cccc2Cl)c(C)c1. The first kappa shape index (κ1) is 19.3. The number of fused-ring (bicyclic) bond motifs is 1. The molecule has 4 nitrogen and oxygen atoms in total. The average molecular weight is 410 g/mol. The van der Waals surface area contributed by atoms with Gasteiger partial charge in [-0.3, -0.25) is 0 Å². The predicted molar refractivity (Wildman–Crippen MR) is 116 cm³/mol. The van der Waals surface area contributed by atoms with Crippen LogP contribution in [0.2, 0.25) is 5.02 Å². The van der Waals surface area contributed by atoms with Crippen molar-refractivity contribution in [1.82, 2.24) is 4.98 Å². The van der Waals surface area contributed by atoms with E-state index in [1.807, 2.05) is 38.1 Å². The summed E-state index contributed by atoms with van der Waals surface area (Å²) in [5.41, 5.74) is 4.22. The van der Waals surface area contributed by atoms with Gasteiger partial charge in [0.05, 0.1) is 11.7 Å². The van der Waals surface area contributed by atoms with Gasteiger partial charge in [-0.1, -0.05) is 48.0 Å². The van der Waals surface area contributed by atoms with Crippen LogP contribution in [0.25, 0.3) is 6.08 Å². The van der Waals surface area contributed by atoms with Gasteiger partial charge < -0.3 is 15.7 Å². The Hall–Kier alpha value is -3.05. The van der Waals surface area contributed by atoms with Crippen LogP contribution in [0.15, 0.2) is 48.7 Å². The topological polar surface area (TPSA) is 57.2 Å². The third kappa shape index (κ3) is 3.66. The van der Waals surface area contributed by atoms with E-state index in [2.05, 4.69) is 15.6 Å². The Balaban J connectivity index is 1.88. The minimum atomic E-state index is -0.726. The van der Waals surface area contributed by atoms with Crippen LogP contribution in [-0.2, 0) is 0 Å². The van der Waals surface area contributed by atoms with Gasteiger partial charge in [-0.25, -0.2) is 9.37 Å². The molecule has 0 aliphatic carbocycles. The highest BCUT2D eigenvalue weighted by atomic mass is 35.5. The Labute approximate surface area is 174 Å². The first-order valence-corrected chi connectivity index (χ1v) is 9.73. The molecule has 0 saturated carbocycles. The summed E-state index contributed by atoms with van der Waals surface area (Å²) in [6.07, 6.45) is 5.67. The van der Waals surface area contributed by atoms with Gasteiger partial charge >= 0.3 is 0 Å². The van der Waals surface area contributed by atoms with Crippen molar-refractivity contribution in [1.29, 1.82) is 0 Å². The summed E-state index contributed by atoms with van der Waals surface area (Å²) in [4.78, 5) is 4.46. The van der Waals surface area contributed by atoms with Crippen LogP contribution in [-0.4, -0.2) is 16.6 Å². The molecule has 29 heavy (non-hydrogen) atoms. The summed E-state index contributed by atoms with van der Waals surface area (Å²) in [5.74, 6) is 0.211. The molecule has 2 heterocycles. The number of hydrogen-bond acceptors (Lipinski definition) is 4. The molecule has 1 aromatic heterocycles. The maximum atomic E-state index is 14.9. The molecule has 148 valence electrons. The van der Waals surface area contributed by atoms with Crippen LogP contribution < -0.4 is 10.6 Å². The minimum Gasteiger partial charge on any atom is -0.505 e. The normalized spacial score (nSPS) is 13.5. The molecule has 3 aromatic rings. The maximum absolute atomic E-state index is 14.9. The van der Waals surface area contributed by atoms with Crippen LogP contribution >= 0.6 is 11.6 Å². The first-order chi connectivity index (χ1) is 14.0. The molecule has 0 bridgehead atoms. The van der Waals surface area contributed by atoms with Gasteiger partial charge in [0.2, 0.25) is 0 Å². The largest absolute Gasteiger partial charge is 0.505 e. The second-order valence-corrected chi connectivity index (χ2v) is 7.55. The molecule has 2 aromatic carbocycles. The van der Waals surface area contributed by atoms with Crippen LogP contribution in [0.1, 0.15) is 33.9 Å². The first-order valence-electron chi connectivity index (χ1n) is 9.35. The zero-order valence-electron chi connectivity index (χ0n) is 16.1. The van der Waals surface area contributed by atoms with Crippen molar-refractivity contribution in [2.75, 3.05) is 17.2 Å². The quantitative estimate of drug-likeness (QED) is 0.474. The molecule has 0 spiro atoms. The highest BCUT2D eigenvalue weighted by molar-refractivity contribution is 6.31. The molecule has 3 N–H and O–H groups in total. The molecule has 0 amide bonds. The van der Waals surface area contributed by atoms with Crippen LogP contribution in [0.4, 0.5) is 15.9 Å². The van der Waals surface area contributed by atoms with E-state index in [0.29, 0.717) is 23.6 Å². The minimum absolute atomic E-state index is 0.0634. The number of anilines is 2. The summed E-state index contributed by atoms with van der Waals surface area (Å²) in [5, 5.41) is 17.8. The Morgan fingerprint density at radius 1 is 1.24 bits per heavy atom. The summed E-state index contributed by atoms with van der Waals surface area (Å²) in [6.45, 7) is 4.51. The fourth-order valence-electron chi connectivity index (χ4n) is 3.62. The van der Waals surface area contributed by atoms with Gasteiger partial charge in [-0.2, -0.15) is 0 Å². The van der Waals surface area contributed by atoms with E-state index >= 15 is 0 Å². The third-order valence-corrected chi connectivity index (χ3v) is 5.36. The molecule has 4 rings (SSSR count). The monoisotopic (exact) mass is 409 g/mol. The van der Waals surface area contributed by atoms with Gasteiger partial charge in [0.25, 0.3) is 0 Å². The molecule has 1 aliphatic rings. The molecular formula is C23H21ClFN3O. The van der Waals surface area contributed by atoms with Crippen molar-refractivity contribution >= 4 is 29.2 Å². The summed E-state index contributed by atoms with van der Waals surface area (Å²) in [6, 6.07) is 9.51. The number of hydrogen-bond donors (Lipinski definition) is 3. The van der Waals surface area contributed by atoms with Crippen molar-refractivity contribution in [3.8, 4) is 5.75 Å². The highest BCUT2D eigenvalue weighted by Crippen LogP contribution is 2.42. The van der Waals surface area contributed by atoms with Gasteiger partial charge in [0.15, 0.2) is 0 Å². The molecule has 1 aliphatic heterocycles. The molecule has 0 saturated heterocycles. The molecule has 0 radical (unpaired) electrons. The van der Waals surface area contributed by atoms with E-state index in [4.69, 9.17) is 11.6 Å². The van der Waals surface area contributed by atoms with Crippen molar-refractivity contribution < 1.29 is 9.50 Å². The summed E-state index contributed by atoms with van der Waals surface area (Å²) in [7, 11) is 0. The molecular weight excluding hydrogens is 389 g/mol. The van der Waals surface area contributed by atoms with Crippen molar-refractivity contribution in [3.05, 3.63) is 87.3 Å².